The number of hydrogen-bond donors (Lipinski definition) is 0. The predicted molar refractivity (Wildman–Crippen MR) is 53.5 cm³/mol. The molecular formula is C11H14N2O. The van der Waals surface area contributed by atoms with Crippen molar-refractivity contribution in [2.24, 2.45) is 0 Å². The summed E-state index contributed by atoms with van der Waals surface area (Å²) in [5.41, 5.74) is 1.09. The Labute approximate surface area is 84.3 Å². The van der Waals surface area contributed by atoms with E-state index in [2.05, 4.69) is 4.98 Å². The summed E-state index contributed by atoms with van der Waals surface area (Å²) in [6, 6.07) is 5.71. The van der Waals surface area contributed by atoms with Gasteiger partial charge in [0.15, 0.2) is 0 Å². The molecule has 0 N–H and O–H groups in total. The van der Waals surface area contributed by atoms with Gasteiger partial charge in [-0.25, -0.2) is 4.98 Å². The van der Waals surface area contributed by atoms with Gasteiger partial charge in [0.25, 0.3) is 0 Å². The Morgan fingerprint density at radius 1 is 1.50 bits per heavy atom. The number of nitrogens with zero attached hydrogens (tertiary/aromatic N) is 2. The zero-order valence-corrected chi connectivity index (χ0v) is 8.74. The molecule has 0 unspecified atom stereocenters. The van der Waals surface area contributed by atoms with Crippen LogP contribution >= 0.6 is 0 Å². The molecule has 74 valence electrons. The van der Waals surface area contributed by atoms with Crippen LogP contribution in [0.4, 0.5) is 0 Å². The van der Waals surface area contributed by atoms with E-state index in [9.17, 15) is 0 Å². The summed E-state index contributed by atoms with van der Waals surface area (Å²) in [7, 11) is 0. The first-order valence-corrected chi connectivity index (χ1v) is 4.51. The average molecular weight is 190 g/mol. The summed E-state index contributed by atoms with van der Waals surface area (Å²) >= 11 is 0. The SMILES string of the molecule is CC(C)(C)OCc1cccnc1C#N. The van der Waals surface area contributed by atoms with Crippen LogP contribution in [0.2, 0.25) is 0 Å². The summed E-state index contributed by atoms with van der Waals surface area (Å²) in [5, 5.41) is 8.78. The fourth-order valence-corrected chi connectivity index (χ4v) is 0.950. The highest BCUT2D eigenvalue weighted by molar-refractivity contribution is 5.29. The number of hydrogen-bond acceptors (Lipinski definition) is 3. The Kier molecular flexibility index (Phi) is 3.21. The summed E-state index contributed by atoms with van der Waals surface area (Å²) in [6.07, 6.45) is 1.61. The van der Waals surface area contributed by atoms with Crippen molar-refractivity contribution >= 4 is 0 Å². The van der Waals surface area contributed by atoms with Crippen molar-refractivity contribution in [3.63, 3.8) is 0 Å². The van der Waals surface area contributed by atoms with Crippen LogP contribution in [0, 0.1) is 11.3 Å². The van der Waals surface area contributed by atoms with E-state index in [1.807, 2.05) is 39.0 Å². The number of aromatic nitrogens is 1. The van der Waals surface area contributed by atoms with E-state index in [1.165, 1.54) is 0 Å². The van der Waals surface area contributed by atoms with Gasteiger partial charge in [-0.3, -0.25) is 0 Å². The molecular weight excluding hydrogens is 176 g/mol. The van der Waals surface area contributed by atoms with E-state index in [1.54, 1.807) is 6.20 Å². The van der Waals surface area contributed by atoms with Gasteiger partial charge in [0.1, 0.15) is 11.8 Å². The van der Waals surface area contributed by atoms with Gasteiger partial charge in [-0.15, -0.1) is 0 Å². The van der Waals surface area contributed by atoms with E-state index in [4.69, 9.17) is 10.00 Å². The molecule has 0 aliphatic rings. The quantitative estimate of drug-likeness (QED) is 0.718. The first-order valence-electron chi connectivity index (χ1n) is 4.51. The Morgan fingerprint density at radius 2 is 2.21 bits per heavy atom. The standard InChI is InChI=1S/C11H14N2O/c1-11(2,3)14-8-9-5-4-6-13-10(9)7-12/h4-6H,8H2,1-3H3. The lowest BCUT2D eigenvalue weighted by atomic mass is 10.1. The minimum atomic E-state index is -0.192. The van der Waals surface area contributed by atoms with Crippen molar-refractivity contribution in [1.82, 2.24) is 4.98 Å². The fourth-order valence-electron chi connectivity index (χ4n) is 0.950. The molecule has 0 aliphatic carbocycles. The van der Waals surface area contributed by atoms with Crippen molar-refractivity contribution in [2.75, 3.05) is 0 Å². The molecule has 0 spiro atoms. The highest BCUT2D eigenvalue weighted by Crippen LogP contribution is 2.13. The average Bonchev–Trinajstić information content (AvgIpc) is 2.14. The molecule has 0 aliphatic heterocycles. The second-order valence-electron chi connectivity index (χ2n) is 4.02. The van der Waals surface area contributed by atoms with Crippen molar-refractivity contribution in [3.05, 3.63) is 29.6 Å². The first kappa shape index (κ1) is 10.7. The molecule has 0 radical (unpaired) electrons. The van der Waals surface area contributed by atoms with Gasteiger partial charge < -0.3 is 4.74 Å². The third-order valence-corrected chi connectivity index (χ3v) is 1.66. The number of nitriles is 1. The summed E-state index contributed by atoms with van der Waals surface area (Å²) in [5.74, 6) is 0. The maximum absolute atomic E-state index is 8.78. The number of pyridine rings is 1. The maximum Gasteiger partial charge on any atom is 0.145 e. The minimum absolute atomic E-state index is 0.192. The molecule has 0 fully saturated rings. The first-order chi connectivity index (χ1) is 6.53. The van der Waals surface area contributed by atoms with Crippen LogP contribution in [-0.2, 0) is 11.3 Å². The molecule has 0 atom stereocenters. The smallest absolute Gasteiger partial charge is 0.145 e. The molecule has 1 heterocycles. The van der Waals surface area contributed by atoms with Crippen LogP contribution in [0.1, 0.15) is 32.0 Å². The fraction of sp³-hybridized carbons (Fsp3) is 0.455. The van der Waals surface area contributed by atoms with Crippen molar-refractivity contribution in [3.8, 4) is 6.07 Å². The van der Waals surface area contributed by atoms with E-state index >= 15 is 0 Å². The van der Waals surface area contributed by atoms with Gasteiger partial charge in [-0.05, 0) is 26.8 Å². The topological polar surface area (TPSA) is 45.9 Å². The van der Waals surface area contributed by atoms with Crippen LogP contribution in [0.5, 0.6) is 0 Å². The molecule has 0 saturated heterocycles. The van der Waals surface area contributed by atoms with Crippen LogP contribution in [0.3, 0.4) is 0 Å². The van der Waals surface area contributed by atoms with E-state index in [-0.39, 0.29) is 5.60 Å². The van der Waals surface area contributed by atoms with Crippen molar-refractivity contribution in [2.45, 2.75) is 33.0 Å². The second-order valence-corrected chi connectivity index (χ2v) is 4.02. The molecule has 0 saturated carbocycles. The van der Waals surface area contributed by atoms with E-state index in [0.29, 0.717) is 12.3 Å². The molecule has 3 heteroatoms. The van der Waals surface area contributed by atoms with Gasteiger partial charge in [-0.2, -0.15) is 5.26 Å². The largest absolute Gasteiger partial charge is 0.371 e. The Bertz CT molecular complexity index is 347. The van der Waals surface area contributed by atoms with Gasteiger partial charge in [0.05, 0.1) is 12.2 Å². The molecule has 1 aromatic heterocycles. The lowest BCUT2D eigenvalue weighted by molar-refractivity contribution is -0.0151. The van der Waals surface area contributed by atoms with E-state index < -0.39 is 0 Å². The maximum atomic E-state index is 8.78. The number of ether oxygens (including phenoxy) is 1. The van der Waals surface area contributed by atoms with Crippen LogP contribution in [-0.4, -0.2) is 10.6 Å². The summed E-state index contributed by atoms with van der Waals surface area (Å²) in [4.78, 5) is 3.96. The third kappa shape index (κ3) is 3.15. The van der Waals surface area contributed by atoms with Gasteiger partial charge in [0, 0.05) is 11.8 Å². The molecule has 1 aromatic rings. The summed E-state index contributed by atoms with van der Waals surface area (Å²) in [6.45, 7) is 6.38. The normalized spacial score (nSPS) is 11.0. The highest BCUT2D eigenvalue weighted by Gasteiger charge is 2.11. The Balaban J connectivity index is 2.73. The van der Waals surface area contributed by atoms with Crippen LogP contribution < -0.4 is 0 Å². The van der Waals surface area contributed by atoms with Gasteiger partial charge in [0.2, 0.25) is 0 Å². The molecule has 3 nitrogen and oxygen atoms in total. The van der Waals surface area contributed by atoms with Gasteiger partial charge >= 0.3 is 0 Å². The molecule has 0 aromatic carbocycles. The van der Waals surface area contributed by atoms with Crippen LogP contribution in [0.25, 0.3) is 0 Å². The predicted octanol–water partition coefficient (Wildman–Crippen LogP) is 2.27. The Morgan fingerprint density at radius 3 is 2.79 bits per heavy atom. The lowest BCUT2D eigenvalue weighted by Gasteiger charge is -2.19. The van der Waals surface area contributed by atoms with E-state index in [0.717, 1.165) is 5.56 Å². The zero-order chi connectivity index (χ0) is 10.6. The third-order valence-electron chi connectivity index (χ3n) is 1.66. The Hall–Kier alpha value is -1.40. The molecule has 14 heavy (non-hydrogen) atoms. The van der Waals surface area contributed by atoms with Gasteiger partial charge in [-0.1, -0.05) is 6.07 Å². The van der Waals surface area contributed by atoms with Crippen molar-refractivity contribution in [1.29, 1.82) is 5.26 Å². The number of rotatable bonds is 2. The minimum Gasteiger partial charge on any atom is -0.371 e. The second kappa shape index (κ2) is 4.21. The monoisotopic (exact) mass is 190 g/mol. The van der Waals surface area contributed by atoms with Crippen LogP contribution in [0.15, 0.2) is 18.3 Å². The lowest BCUT2D eigenvalue weighted by Crippen LogP contribution is -2.19. The van der Waals surface area contributed by atoms with Crippen molar-refractivity contribution < 1.29 is 4.74 Å². The highest BCUT2D eigenvalue weighted by atomic mass is 16.5. The molecule has 1 rings (SSSR count). The molecule has 0 bridgehead atoms. The molecule has 0 amide bonds. The zero-order valence-electron chi connectivity index (χ0n) is 8.74. The summed E-state index contributed by atoms with van der Waals surface area (Å²) < 4.78 is 5.57.